The fourth-order valence-corrected chi connectivity index (χ4v) is 0.984. The molecule has 1 atom stereocenters. The molecule has 0 radical (unpaired) electrons. The highest BCUT2D eigenvalue weighted by Gasteiger charge is 2.16. The molecule has 0 bridgehead atoms. The molecule has 76 valence electrons. The minimum atomic E-state index is -1.22. The van der Waals surface area contributed by atoms with Gasteiger partial charge in [0.1, 0.15) is 6.10 Å². The SMILES string of the molecule is O=[N+]([O-])c1ccc([C@@H](O)CO)cc1F. The second-order valence-corrected chi connectivity index (χ2v) is 2.67. The van der Waals surface area contributed by atoms with Crippen LogP contribution in [0, 0.1) is 15.9 Å². The predicted octanol–water partition coefficient (Wildman–Crippen LogP) is 0.760. The summed E-state index contributed by atoms with van der Waals surface area (Å²) in [5, 5.41) is 27.9. The maximum absolute atomic E-state index is 13.0. The number of hydrogen-bond acceptors (Lipinski definition) is 4. The number of hydrogen-bond donors (Lipinski definition) is 2. The molecule has 1 rings (SSSR count). The van der Waals surface area contributed by atoms with Crippen molar-refractivity contribution in [3.8, 4) is 0 Å². The van der Waals surface area contributed by atoms with Gasteiger partial charge in [-0.3, -0.25) is 10.1 Å². The Labute approximate surface area is 78.6 Å². The molecular weight excluding hydrogens is 193 g/mol. The average molecular weight is 201 g/mol. The second kappa shape index (κ2) is 4.12. The lowest BCUT2D eigenvalue weighted by molar-refractivity contribution is -0.387. The summed E-state index contributed by atoms with van der Waals surface area (Å²) in [7, 11) is 0. The van der Waals surface area contributed by atoms with E-state index in [0.29, 0.717) is 0 Å². The molecule has 0 aliphatic rings. The second-order valence-electron chi connectivity index (χ2n) is 2.67. The minimum absolute atomic E-state index is 0.107. The number of benzene rings is 1. The lowest BCUT2D eigenvalue weighted by atomic mass is 10.1. The van der Waals surface area contributed by atoms with Gasteiger partial charge in [0.25, 0.3) is 0 Å². The van der Waals surface area contributed by atoms with Crippen molar-refractivity contribution in [1.82, 2.24) is 0 Å². The third-order valence-corrected chi connectivity index (χ3v) is 1.73. The molecule has 0 saturated carbocycles. The van der Waals surface area contributed by atoms with E-state index < -0.39 is 29.1 Å². The van der Waals surface area contributed by atoms with Crippen molar-refractivity contribution in [3.05, 3.63) is 39.7 Å². The van der Waals surface area contributed by atoms with E-state index in [1.54, 1.807) is 0 Å². The quantitative estimate of drug-likeness (QED) is 0.558. The molecule has 0 amide bonds. The van der Waals surface area contributed by atoms with Gasteiger partial charge in [-0.2, -0.15) is 4.39 Å². The third-order valence-electron chi connectivity index (χ3n) is 1.73. The number of nitro groups is 1. The first-order valence-electron chi connectivity index (χ1n) is 3.79. The average Bonchev–Trinajstić information content (AvgIpc) is 2.15. The zero-order chi connectivity index (χ0) is 10.7. The molecule has 1 aromatic rings. The zero-order valence-corrected chi connectivity index (χ0v) is 7.05. The first-order valence-corrected chi connectivity index (χ1v) is 3.79. The summed E-state index contributed by atoms with van der Waals surface area (Å²) in [5.41, 5.74) is -0.547. The summed E-state index contributed by atoms with van der Waals surface area (Å²) in [6.45, 7) is -0.558. The molecule has 0 aliphatic carbocycles. The van der Waals surface area contributed by atoms with Crippen LogP contribution in [0.15, 0.2) is 18.2 Å². The number of aliphatic hydroxyl groups excluding tert-OH is 2. The molecule has 0 spiro atoms. The molecule has 1 aromatic carbocycles. The molecule has 0 heterocycles. The topological polar surface area (TPSA) is 83.6 Å². The zero-order valence-electron chi connectivity index (χ0n) is 7.05. The summed E-state index contributed by atoms with van der Waals surface area (Å²) in [5.74, 6) is -1.03. The van der Waals surface area contributed by atoms with E-state index in [0.717, 1.165) is 12.1 Å². The van der Waals surface area contributed by atoms with Crippen molar-refractivity contribution in [2.75, 3.05) is 6.61 Å². The summed E-state index contributed by atoms with van der Waals surface area (Å²) in [4.78, 5) is 9.37. The van der Waals surface area contributed by atoms with Crippen LogP contribution in [0.2, 0.25) is 0 Å². The van der Waals surface area contributed by atoms with Crippen molar-refractivity contribution >= 4 is 5.69 Å². The first-order chi connectivity index (χ1) is 6.56. The Kier molecular flexibility index (Phi) is 3.10. The fourth-order valence-electron chi connectivity index (χ4n) is 0.984. The van der Waals surface area contributed by atoms with E-state index in [1.807, 2.05) is 0 Å². The van der Waals surface area contributed by atoms with E-state index in [2.05, 4.69) is 0 Å². The van der Waals surface area contributed by atoms with Crippen molar-refractivity contribution in [1.29, 1.82) is 0 Å². The molecule has 6 heteroatoms. The van der Waals surface area contributed by atoms with Crippen LogP contribution in [0.4, 0.5) is 10.1 Å². The molecule has 5 nitrogen and oxygen atoms in total. The van der Waals surface area contributed by atoms with Crippen LogP contribution in [-0.4, -0.2) is 21.7 Å². The van der Waals surface area contributed by atoms with Crippen LogP contribution in [0.25, 0.3) is 0 Å². The summed E-state index contributed by atoms with van der Waals surface area (Å²) in [6, 6.07) is 2.98. The van der Waals surface area contributed by atoms with E-state index in [4.69, 9.17) is 10.2 Å². The third kappa shape index (κ3) is 2.04. The number of rotatable bonds is 3. The van der Waals surface area contributed by atoms with Gasteiger partial charge >= 0.3 is 5.69 Å². The molecule has 0 fully saturated rings. The molecule has 14 heavy (non-hydrogen) atoms. The highest BCUT2D eigenvalue weighted by Crippen LogP contribution is 2.21. The Hall–Kier alpha value is -1.53. The standard InChI is InChI=1S/C8H8FNO4/c9-6-3-5(8(12)4-11)1-2-7(6)10(13)14/h1-3,8,11-12H,4H2/t8-/m0/s1. The smallest absolute Gasteiger partial charge is 0.304 e. The van der Waals surface area contributed by atoms with Crippen LogP contribution >= 0.6 is 0 Å². The number of nitrogens with zero attached hydrogens (tertiary/aromatic N) is 1. The van der Waals surface area contributed by atoms with Gasteiger partial charge in [-0.25, -0.2) is 0 Å². The maximum atomic E-state index is 13.0. The van der Waals surface area contributed by atoms with Crippen molar-refractivity contribution in [2.45, 2.75) is 6.10 Å². The lowest BCUT2D eigenvalue weighted by Crippen LogP contribution is -2.03. The van der Waals surface area contributed by atoms with Crippen LogP contribution in [0.1, 0.15) is 11.7 Å². The van der Waals surface area contributed by atoms with Crippen molar-refractivity contribution < 1.29 is 19.5 Å². The number of aliphatic hydroxyl groups is 2. The summed E-state index contributed by atoms with van der Waals surface area (Å²) in [6.07, 6.45) is -1.22. The van der Waals surface area contributed by atoms with Crippen LogP contribution < -0.4 is 0 Å². The Morgan fingerprint density at radius 2 is 2.21 bits per heavy atom. The highest BCUT2D eigenvalue weighted by molar-refractivity contribution is 5.35. The largest absolute Gasteiger partial charge is 0.393 e. The van der Waals surface area contributed by atoms with Gasteiger partial charge in [0.2, 0.25) is 5.82 Å². The normalized spacial score (nSPS) is 12.5. The van der Waals surface area contributed by atoms with Crippen LogP contribution in [0.3, 0.4) is 0 Å². The number of nitro benzene ring substituents is 1. The monoisotopic (exact) mass is 201 g/mol. The molecule has 2 N–H and O–H groups in total. The first kappa shape index (κ1) is 10.6. The molecule has 0 unspecified atom stereocenters. The molecule has 0 aliphatic heterocycles. The Morgan fingerprint density at radius 1 is 1.57 bits per heavy atom. The molecule has 0 saturated heterocycles. The summed E-state index contributed by atoms with van der Waals surface area (Å²) < 4.78 is 13.0. The Bertz CT molecular complexity index is 355. The van der Waals surface area contributed by atoms with Gasteiger partial charge in [0.05, 0.1) is 11.5 Å². The fraction of sp³-hybridized carbons (Fsp3) is 0.250. The van der Waals surface area contributed by atoms with E-state index in [1.165, 1.54) is 6.07 Å². The van der Waals surface area contributed by atoms with E-state index >= 15 is 0 Å². The number of halogens is 1. The van der Waals surface area contributed by atoms with E-state index in [-0.39, 0.29) is 5.56 Å². The highest BCUT2D eigenvalue weighted by atomic mass is 19.1. The van der Waals surface area contributed by atoms with Crippen LogP contribution in [-0.2, 0) is 0 Å². The van der Waals surface area contributed by atoms with Gasteiger partial charge in [0, 0.05) is 6.07 Å². The lowest BCUT2D eigenvalue weighted by Gasteiger charge is -2.06. The minimum Gasteiger partial charge on any atom is -0.393 e. The van der Waals surface area contributed by atoms with Crippen LogP contribution in [0.5, 0.6) is 0 Å². The van der Waals surface area contributed by atoms with Gasteiger partial charge < -0.3 is 10.2 Å². The Balaban J connectivity index is 3.06. The van der Waals surface area contributed by atoms with Gasteiger partial charge in [0.15, 0.2) is 0 Å². The van der Waals surface area contributed by atoms with Crippen molar-refractivity contribution in [2.24, 2.45) is 0 Å². The maximum Gasteiger partial charge on any atom is 0.304 e. The molecular formula is C8H8FNO4. The van der Waals surface area contributed by atoms with Gasteiger partial charge in [-0.1, -0.05) is 0 Å². The van der Waals surface area contributed by atoms with Gasteiger partial charge in [-0.15, -0.1) is 0 Å². The van der Waals surface area contributed by atoms with E-state index in [9.17, 15) is 14.5 Å². The predicted molar refractivity (Wildman–Crippen MR) is 45.1 cm³/mol. The van der Waals surface area contributed by atoms with Crippen molar-refractivity contribution in [3.63, 3.8) is 0 Å². The van der Waals surface area contributed by atoms with Gasteiger partial charge in [-0.05, 0) is 17.7 Å². The Morgan fingerprint density at radius 3 is 2.64 bits per heavy atom. The molecule has 0 aromatic heterocycles. The summed E-state index contributed by atoms with van der Waals surface area (Å²) >= 11 is 0.